The van der Waals surface area contributed by atoms with Crippen molar-refractivity contribution >= 4 is 17.5 Å². The van der Waals surface area contributed by atoms with Gasteiger partial charge in [0.15, 0.2) is 0 Å². The van der Waals surface area contributed by atoms with Crippen LogP contribution in [0.3, 0.4) is 0 Å². The van der Waals surface area contributed by atoms with E-state index in [2.05, 4.69) is 11.9 Å². The number of rotatable bonds is 7. The first-order valence-corrected chi connectivity index (χ1v) is 8.08. The lowest BCUT2D eigenvalue weighted by atomic mass is 10.1. The number of carbonyl (C=O) groups excluding carboxylic acids is 2. The molecule has 5 heteroatoms. The van der Waals surface area contributed by atoms with Crippen molar-refractivity contribution in [2.75, 3.05) is 31.6 Å². The summed E-state index contributed by atoms with van der Waals surface area (Å²) >= 11 is 0. The first kappa shape index (κ1) is 17.2. The van der Waals surface area contributed by atoms with Crippen LogP contribution in [0, 0.1) is 0 Å². The summed E-state index contributed by atoms with van der Waals surface area (Å²) < 4.78 is 0. The van der Waals surface area contributed by atoms with Gasteiger partial charge in [0.1, 0.15) is 0 Å². The number of amides is 2. The highest BCUT2D eigenvalue weighted by Crippen LogP contribution is 2.14. The van der Waals surface area contributed by atoms with Crippen LogP contribution >= 0.6 is 0 Å². The third kappa shape index (κ3) is 4.66. The van der Waals surface area contributed by atoms with E-state index in [0.29, 0.717) is 6.54 Å². The lowest BCUT2D eigenvalue weighted by Gasteiger charge is -2.33. The average Bonchev–Trinajstić information content (AvgIpc) is 2.58. The number of anilines is 1. The Labute approximate surface area is 138 Å². The Balaban J connectivity index is 1.92. The standard InChI is InChI=1S/C18H25N3O2/c1-3-4-8-12-21-13-11-19-16(18(21)23)14-17(22)20(2)15-9-6-5-7-10-15/h3,5-7,9-10,16,19H,1,4,8,11-14H2,2H3. The number of benzene rings is 1. The van der Waals surface area contributed by atoms with Crippen LogP contribution in [-0.2, 0) is 9.59 Å². The number of hydrogen-bond acceptors (Lipinski definition) is 3. The van der Waals surface area contributed by atoms with Crippen molar-refractivity contribution in [3.05, 3.63) is 43.0 Å². The molecule has 0 saturated carbocycles. The third-order valence-corrected chi connectivity index (χ3v) is 4.11. The number of unbranched alkanes of at least 4 members (excludes halogenated alkanes) is 1. The van der Waals surface area contributed by atoms with Crippen LogP contribution in [0.1, 0.15) is 19.3 Å². The highest BCUT2D eigenvalue weighted by molar-refractivity contribution is 5.97. The Hall–Kier alpha value is -2.14. The van der Waals surface area contributed by atoms with Crippen LogP contribution < -0.4 is 10.2 Å². The van der Waals surface area contributed by atoms with Gasteiger partial charge in [0.25, 0.3) is 0 Å². The maximum absolute atomic E-state index is 12.5. The summed E-state index contributed by atoms with van der Waals surface area (Å²) in [6, 6.07) is 9.04. The Kier molecular flexibility index (Phi) is 6.35. The molecule has 1 heterocycles. The van der Waals surface area contributed by atoms with Crippen molar-refractivity contribution in [1.29, 1.82) is 0 Å². The molecule has 1 aliphatic rings. The predicted molar refractivity (Wildman–Crippen MR) is 92.3 cm³/mol. The van der Waals surface area contributed by atoms with Crippen molar-refractivity contribution in [2.45, 2.75) is 25.3 Å². The Morgan fingerprint density at radius 3 is 2.87 bits per heavy atom. The SMILES string of the molecule is C=CCCCN1CCNC(CC(=O)N(C)c2ccccc2)C1=O. The first-order chi connectivity index (χ1) is 11.1. The summed E-state index contributed by atoms with van der Waals surface area (Å²) in [4.78, 5) is 28.4. The zero-order chi connectivity index (χ0) is 16.7. The molecule has 1 unspecified atom stereocenters. The molecule has 1 saturated heterocycles. The van der Waals surface area contributed by atoms with E-state index in [4.69, 9.17) is 0 Å². The number of hydrogen-bond donors (Lipinski definition) is 1. The molecule has 1 N–H and O–H groups in total. The highest BCUT2D eigenvalue weighted by atomic mass is 16.2. The summed E-state index contributed by atoms with van der Waals surface area (Å²) in [6.45, 7) is 5.86. The van der Waals surface area contributed by atoms with E-state index in [1.807, 2.05) is 41.3 Å². The lowest BCUT2D eigenvalue weighted by molar-refractivity contribution is -0.137. The second-order valence-corrected chi connectivity index (χ2v) is 5.76. The molecule has 1 fully saturated rings. The van der Waals surface area contributed by atoms with Gasteiger partial charge in [0.2, 0.25) is 11.8 Å². The number of allylic oxidation sites excluding steroid dienone is 1. The average molecular weight is 315 g/mol. The second-order valence-electron chi connectivity index (χ2n) is 5.76. The van der Waals surface area contributed by atoms with Crippen LogP contribution in [0.2, 0.25) is 0 Å². The Morgan fingerprint density at radius 2 is 2.17 bits per heavy atom. The smallest absolute Gasteiger partial charge is 0.240 e. The maximum atomic E-state index is 12.5. The Morgan fingerprint density at radius 1 is 1.43 bits per heavy atom. The maximum Gasteiger partial charge on any atom is 0.240 e. The van der Waals surface area contributed by atoms with Crippen molar-refractivity contribution < 1.29 is 9.59 Å². The molecule has 1 atom stereocenters. The lowest BCUT2D eigenvalue weighted by Crippen LogP contribution is -2.56. The van der Waals surface area contributed by atoms with Crippen LogP contribution in [-0.4, -0.2) is 49.4 Å². The summed E-state index contributed by atoms with van der Waals surface area (Å²) in [5.41, 5.74) is 0.837. The summed E-state index contributed by atoms with van der Waals surface area (Å²) in [6.07, 6.45) is 3.86. The van der Waals surface area contributed by atoms with E-state index >= 15 is 0 Å². The molecule has 5 nitrogen and oxygen atoms in total. The molecule has 1 aromatic carbocycles. The number of nitrogens with one attached hydrogen (secondary N) is 1. The number of carbonyl (C=O) groups is 2. The zero-order valence-electron chi connectivity index (χ0n) is 13.7. The van der Waals surface area contributed by atoms with Gasteiger partial charge >= 0.3 is 0 Å². The van der Waals surface area contributed by atoms with Crippen molar-refractivity contribution in [1.82, 2.24) is 10.2 Å². The van der Waals surface area contributed by atoms with E-state index in [-0.39, 0.29) is 18.2 Å². The van der Waals surface area contributed by atoms with Crippen molar-refractivity contribution in [3.8, 4) is 0 Å². The monoisotopic (exact) mass is 315 g/mol. The van der Waals surface area contributed by atoms with Gasteiger partial charge in [-0.3, -0.25) is 9.59 Å². The fourth-order valence-electron chi connectivity index (χ4n) is 2.71. The summed E-state index contributed by atoms with van der Waals surface area (Å²) in [5, 5.41) is 3.17. The molecule has 0 aliphatic carbocycles. The van der Waals surface area contributed by atoms with Gasteiger partial charge < -0.3 is 15.1 Å². The Bertz CT molecular complexity index is 544. The first-order valence-electron chi connectivity index (χ1n) is 8.08. The molecule has 23 heavy (non-hydrogen) atoms. The normalized spacial score (nSPS) is 17.9. The molecule has 2 rings (SSSR count). The van der Waals surface area contributed by atoms with Crippen molar-refractivity contribution in [3.63, 3.8) is 0 Å². The molecule has 124 valence electrons. The van der Waals surface area contributed by atoms with Crippen LogP contribution in [0.15, 0.2) is 43.0 Å². The summed E-state index contributed by atoms with van der Waals surface area (Å²) in [5.74, 6) is -0.0369. The molecule has 0 spiro atoms. The molecule has 1 aromatic rings. The third-order valence-electron chi connectivity index (χ3n) is 4.11. The number of para-hydroxylation sites is 1. The van der Waals surface area contributed by atoms with Gasteiger partial charge in [0.05, 0.1) is 12.5 Å². The van der Waals surface area contributed by atoms with Gasteiger partial charge in [-0.1, -0.05) is 24.3 Å². The van der Waals surface area contributed by atoms with Crippen LogP contribution in [0.4, 0.5) is 5.69 Å². The number of nitrogens with zero attached hydrogens (tertiary/aromatic N) is 2. The van der Waals surface area contributed by atoms with Crippen LogP contribution in [0.25, 0.3) is 0 Å². The molecular weight excluding hydrogens is 290 g/mol. The minimum atomic E-state index is -0.425. The number of piperazine rings is 1. The summed E-state index contributed by atoms with van der Waals surface area (Å²) in [7, 11) is 1.74. The van der Waals surface area contributed by atoms with Gasteiger partial charge in [-0.05, 0) is 25.0 Å². The largest absolute Gasteiger partial charge is 0.340 e. The molecule has 0 radical (unpaired) electrons. The molecule has 0 bridgehead atoms. The molecule has 2 amide bonds. The molecule has 1 aliphatic heterocycles. The van der Waals surface area contributed by atoms with Crippen molar-refractivity contribution in [2.24, 2.45) is 0 Å². The van der Waals surface area contributed by atoms with E-state index in [0.717, 1.165) is 31.6 Å². The molecular formula is C18H25N3O2. The van der Waals surface area contributed by atoms with E-state index in [1.54, 1.807) is 11.9 Å². The van der Waals surface area contributed by atoms with Gasteiger partial charge in [-0.25, -0.2) is 0 Å². The van der Waals surface area contributed by atoms with Crippen LogP contribution in [0.5, 0.6) is 0 Å². The van der Waals surface area contributed by atoms with Gasteiger partial charge in [0, 0.05) is 32.4 Å². The fraction of sp³-hybridized carbons (Fsp3) is 0.444. The minimum Gasteiger partial charge on any atom is -0.340 e. The molecule has 0 aromatic heterocycles. The highest BCUT2D eigenvalue weighted by Gasteiger charge is 2.30. The van der Waals surface area contributed by atoms with Gasteiger partial charge in [-0.2, -0.15) is 0 Å². The second kappa shape index (κ2) is 8.48. The minimum absolute atomic E-state index is 0.0233. The van der Waals surface area contributed by atoms with E-state index in [9.17, 15) is 9.59 Å². The van der Waals surface area contributed by atoms with E-state index in [1.165, 1.54) is 0 Å². The predicted octanol–water partition coefficient (Wildman–Crippen LogP) is 1.81. The topological polar surface area (TPSA) is 52.7 Å². The van der Waals surface area contributed by atoms with Gasteiger partial charge in [-0.15, -0.1) is 6.58 Å². The van der Waals surface area contributed by atoms with E-state index < -0.39 is 6.04 Å². The quantitative estimate of drug-likeness (QED) is 0.617. The zero-order valence-corrected chi connectivity index (χ0v) is 13.7. The fourth-order valence-corrected chi connectivity index (χ4v) is 2.71.